The van der Waals surface area contributed by atoms with E-state index in [1.54, 1.807) is 30.3 Å². The van der Waals surface area contributed by atoms with Crippen LogP contribution in [0.25, 0.3) is 0 Å². The van der Waals surface area contributed by atoms with Crippen LogP contribution in [0.3, 0.4) is 0 Å². The molecule has 0 bridgehead atoms. The molecular weight excluding hydrogens is 179 g/mol. The van der Waals surface area contributed by atoms with Gasteiger partial charge in [-0.3, -0.25) is 0 Å². The van der Waals surface area contributed by atoms with Crippen LogP contribution in [-0.2, 0) is 0 Å². The molecule has 1 N–H and O–H groups in total. The van der Waals surface area contributed by atoms with E-state index in [4.69, 9.17) is 5.11 Å². The zero-order valence-electron chi connectivity index (χ0n) is 4.74. The van der Waals surface area contributed by atoms with E-state index in [1.807, 2.05) is 0 Å². The maximum absolute atomic E-state index is 10.2. The van der Waals surface area contributed by atoms with Gasteiger partial charge in [-0.1, -0.05) is 18.2 Å². The molecule has 0 aliphatic heterocycles. The van der Waals surface area contributed by atoms with E-state index in [1.165, 1.54) is 0 Å². The molecule has 1 aromatic rings. The number of rotatable bonds is 1. The van der Waals surface area contributed by atoms with Gasteiger partial charge in [-0.15, -0.1) is 0 Å². The molecule has 0 heterocycles. The molecule has 0 saturated heterocycles. The molecule has 11 heavy (non-hydrogen) atoms. The third-order valence-electron chi connectivity index (χ3n) is 1.02. The van der Waals surface area contributed by atoms with Gasteiger partial charge in [0.15, 0.2) is 0 Å². The summed E-state index contributed by atoms with van der Waals surface area (Å²) in [7, 11) is 0. The van der Waals surface area contributed by atoms with Crippen LogP contribution in [0.2, 0.25) is 0 Å². The van der Waals surface area contributed by atoms with Crippen molar-refractivity contribution in [1.29, 1.82) is 0 Å². The number of aromatic carboxylic acids is 1. The summed E-state index contributed by atoms with van der Waals surface area (Å²) in [5.74, 6) is -0.879. The van der Waals surface area contributed by atoms with Gasteiger partial charge >= 0.3 is 73.3 Å². The van der Waals surface area contributed by atoms with Gasteiger partial charge in [0.1, 0.15) is 0 Å². The number of carboxylic acid groups (broad SMARTS) is 1. The van der Waals surface area contributed by atoms with Crippen LogP contribution in [-0.4, -0.2) is 78.4 Å². The Bertz CT molecular complexity index is 213. The second kappa shape index (κ2) is 7.59. The molecule has 0 unspecified atom stereocenters. The van der Waals surface area contributed by atoms with Crippen molar-refractivity contribution in [2.24, 2.45) is 0 Å². The Balaban J connectivity index is 0. The van der Waals surface area contributed by atoms with Crippen molar-refractivity contribution >= 4 is 73.3 Å². The van der Waals surface area contributed by atoms with Crippen LogP contribution in [0.15, 0.2) is 30.3 Å². The van der Waals surface area contributed by atoms with E-state index >= 15 is 0 Å². The summed E-state index contributed by atoms with van der Waals surface area (Å²) in [4.78, 5) is 10.2. The molecule has 0 aliphatic rings. The number of carboxylic acids is 1. The molecule has 0 fully saturated rings. The first-order valence-corrected chi connectivity index (χ1v) is 2.59. The normalized spacial score (nSPS) is 7.27. The Labute approximate surface area is 117 Å². The summed E-state index contributed by atoms with van der Waals surface area (Å²) in [5, 5.41) is 8.38. The van der Waals surface area contributed by atoms with E-state index < -0.39 is 5.97 Å². The van der Waals surface area contributed by atoms with Gasteiger partial charge in [0.25, 0.3) is 0 Å². The third-order valence-corrected chi connectivity index (χ3v) is 1.02. The summed E-state index contributed by atoms with van der Waals surface area (Å²) >= 11 is 0. The van der Waals surface area contributed by atoms with Crippen LogP contribution >= 0.6 is 0 Å². The molecule has 0 atom stereocenters. The van der Waals surface area contributed by atoms with Crippen LogP contribution in [0.5, 0.6) is 0 Å². The average Bonchev–Trinajstić information content (AvgIpc) is 1.90. The number of hydrogen-bond acceptors (Lipinski definition) is 1. The van der Waals surface area contributed by atoms with Gasteiger partial charge in [0.2, 0.25) is 0 Å². The summed E-state index contributed by atoms with van der Waals surface area (Å²) in [6.45, 7) is 0. The van der Waals surface area contributed by atoms with Gasteiger partial charge < -0.3 is 5.11 Å². The standard InChI is InChI=1S/C7H6O2.Ca.Na.3H/c8-7(9)6-4-2-1-3-5-6;;;;;/h1-5H,(H,8,9);;;;;. The Morgan fingerprint density at radius 3 is 1.91 bits per heavy atom. The zero-order valence-corrected chi connectivity index (χ0v) is 4.74. The Morgan fingerprint density at radius 1 is 1.18 bits per heavy atom. The van der Waals surface area contributed by atoms with Crippen molar-refractivity contribution in [2.45, 2.75) is 0 Å². The molecule has 0 radical (unpaired) electrons. The first-order chi connectivity index (χ1) is 4.30. The first-order valence-electron chi connectivity index (χ1n) is 2.59. The molecule has 0 aliphatic carbocycles. The molecule has 52 valence electrons. The Morgan fingerprint density at radius 2 is 1.64 bits per heavy atom. The minimum absolute atomic E-state index is 0. The van der Waals surface area contributed by atoms with Crippen LogP contribution in [0, 0.1) is 0 Å². The molecule has 1 aromatic carbocycles. The molecule has 1 rings (SSSR count). The van der Waals surface area contributed by atoms with E-state index in [9.17, 15) is 4.79 Å². The minimum atomic E-state index is -0.879. The van der Waals surface area contributed by atoms with E-state index in [0.717, 1.165) is 0 Å². The van der Waals surface area contributed by atoms with Gasteiger partial charge in [0.05, 0.1) is 5.56 Å². The second-order valence-electron chi connectivity index (χ2n) is 1.67. The fraction of sp³-hybridized carbons (Fsp3) is 0. The van der Waals surface area contributed by atoms with Gasteiger partial charge in [0, 0.05) is 0 Å². The zero-order chi connectivity index (χ0) is 6.69. The molecule has 0 spiro atoms. The molecule has 4 heteroatoms. The van der Waals surface area contributed by atoms with E-state index in [0.29, 0.717) is 5.56 Å². The maximum atomic E-state index is 10.2. The monoisotopic (exact) mass is 188 g/mol. The van der Waals surface area contributed by atoms with Crippen molar-refractivity contribution in [3.8, 4) is 0 Å². The van der Waals surface area contributed by atoms with Crippen LogP contribution in [0.1, 0.15) is 10.4 Å². The summed E-state index contributed by atoms with van der Waals surface area (Å²) < 4.78 is 0. The van der Waals surface area contributed by atoms with Crippen molar-refractivity contribution < 1.29 is 9.90 Å². The first kappa shape index (κ1) is 14.5. The number of hydrogen-bond donors (Lipinski definition) is 1. The van der Waals surface area contributed by atoms with E-state index in [-0.39, 0.29) is 67.3 Å². The fourth-order valence-electron chi connectivity index (χ4n) is 0.581. The van der Waals surface area contributed by atoms with Crippen LogP contribution in [0.4, 0.5) is 0 Å². The average molecular weight is 188 g/mol. The van der Waals surface area contributed by atoms with Gasteiger partial charge in [-0.25, -0.2) is 4.79 Å². The summed E-state index contributed by atoms with van der Waals surface area (Å²) in [5.41, 5.74) is 0.331. The van der Waals surface area contributed by atoms with E-state index in [2.05, 4.69) is 0 Å². The predicted octanol–water partition coefficient (Wildman–Crippen LogP) is -0.180. The van der Waals surface area contributed by atoms with Crippen molar-refractivity contribution in [3.05, 3.63) is 35.9 Å². The molecule has 0 amide bonds. The third kappa shape index (κ3) is 5.23. The van der Waals surface area contributed by atoms with Crippen molar-refractivity contribution in [2.75, 3.05) is 0 Å². The predicted molar refractivity (Wildman–Crippen MR) is 49.1 cm³/mol. The van der Waals surface area contributed by atoms with Crippen molar-refractivity contribution in [3.63, 3.8) is 0 Å². The number of benzene rings is 1. The van der Waals surface area contributed by atoms with Gasteiger partial charge in [-0.05, 0) is 12.1 Å². The molecule has 2 nitrogen and oxygen atoms in total. The Hall–Kier alpha value is 0.950. The number of carbonyl (C=O) groups is 1. The topological polar surface area (TPSA) is 37.3 Å². The molecular formula is C7H9CaNaO2. The summed E-state index contributed by atoms with van der Waals surface area (Å²) in [6, 6.07) is 8.30. The quantitative estimate of drug-likeness (QED) is 0.621. The second-order valence-corrected chi connectivity index (χ2v) is 1.67. The molecule has 0 saturated carbocycles. The molecule has 0 aromatic heterocycles. The SMILES string of the molecule is O=C(O)c1ccccc1.[CaH2].[NaH]. The summed E-state index contributed by atoms with van der Waals surface area (Å²) in [6.07, 6.45) is 0. The Kier molecular flexibility index (Phi) is 9.99. The van der Waals surface area contributed by atoms with Crippen LogP contribution < -0.4 is 0 Å². The van der Waals surface area contributed by atoms with Gasteiger partial charge in [-0.2, -0.15) is 0 Å². The van der Waals surface area contributed by atoms with Crippen molar-refractivity contribution in [1.82, 2.24) is 0 Å². The fourth-order valence-corrected chi connectivity index (χ4v) is 0.581.